The van der Waals surface area contributed by atoms with Crippen LogP contribution >= 0.6 is 11.8 Å². The number of hydrogen-bond donors (Lipinski definition) is 2. The van der Waals surface area contributed by atoms with E-state index >= 15 is 0 Å². The van der Waals surface area contributed by atoms with Crippen LogP contribution in [0.2, 0.25) is 0 Å². The van der Waals surface area contributed by atoms with Gasteiger partial charge in [-0.2, -0.15) is 11.8 Å². The van der Waals surface area contributed by atoms with Gasteiger partial charge in [-0.05, 0) is 51.7 Å². The zero-order valence-corrected chi connectivity index (χ0v) is 16.0. The number of thioether (sulfide) groups is 1. The van der Waals surface area contributed by atoms with Gasteiger partial charge < -0.3 is 15.5 Å². The summed E-state index contributed by atoms with van der Waals surface area (Å²) in [4.78, 5) is 6.39. The Kier molecular flexibility index (Phi) is 7.96. The molecule has 0 bridgehead atoms. The number of nitrogens with one attached hydrogen (secondary N) is 2. The summed E-state index contributed by atoms with van der Waals surface area (Å²) < 4.78 is 28.3. The molecule has 0 radical (unpaired) electrons. The Morgan fingerprint density at radius 1 is 1.36 bits per heavy atom. The Bertz CT molecular complexity index is 554. The number of halogens is 2. The van der Waals surface area contributed by atoms with Crippen molar-refractivity contribution in [3.8, 4) is 0 Å². The minimum Gasteiger partial charge on any atom is -0.357 e. The summed E-state index contributed by atoms with van der Waals surface area (Å²) in [6.45, 7) is 3.03. The van der Waals surface area contributed by atoms with Crippen molar-refractivity contribution in [2.45, 2.75) is 31.8 Å². The second-order valence-electron chi connectivity index (χ2n) is 6.39. The predicted molar refractivity (Wildman–Crippen MR) is 102 cm³/mol. The zero-order valence-electron chi connectivity index (χ0n) is 15.2. The van der Waals surface area contributed by atoms with E-state index in [0.717, 1.165) is 18.7 Å². The van der Waals surface area contributed by atoms with Gasteiger partial charge in [0.2, 0.25) is 0 Å². The van der Waals surface area contributed by atoms with Crippen molar-refractivity contribution in [3.63, 3.8) is 0 Å². The maximum absolute atomic E-state index is 14.2. The number of rotatable bonds is 6. The number of nitrogens with zero attached hydrogens (tertiary/aromatic N) is 2. The van der Waals surface area contributed by atoms with E-state index in [1.54, 1.807) is 4.90 Å². The van der Waals surface area contributed by atoms with Gasteiger partial charge in [-0.15, -0.1) is 0 Å². The molecule has 2 rings (SSSR count). The van der Waals surface area contributed by atoms with Crippen molar-refractivity contribution >= 4 is 17.7 Å². The molecule has 0 aromatic heterocycles. The normalized spacial score (nSPS) is 19.8. The Labute approximate surface area is 153 Å². The SMILES string of the molecule is CCNC(=NCC(c1c(F)cccc1F)N(C)C)NC1CCCSC1. The van der Waals surface area contributed by atoms with E-state index < -0.39 is 17.7 Å². The second-order valence-corrected chi connectivity index (χ2v) is 7.54. The summed E-state index contributed by atoms with van der Waals surface area (Å²) in [6, 6.07) is 3.90. The van der Waals surface area contributed by atoms with Crippen LogP contribution in [0.3, 0.4) is 0 Å². The molecular formula is C18H28F2N4S. The highest BCUT2D eigenvalue weighted by Gasteiger charge is 2.22. The van der Waals surface area contributed by atoms with Gasteiger partial charge in [0, 0.05) is 23.9 Å². The smallest absolute Gasteiger partial charge is 0.191 e. The molecule has 1 aromatic carbocycles. The molecule has 1 aliphatic rings. The topological polar surface area (TPSA) is 39.7 Å². The van der Waals surface area contributed by atoms with Gasteiger partial charge in [0.15, 0.2) is 5.96 Å². The van der Waals surface area contributed by atoms with E-state index in [1.807, 2.05) is 32.8 Å². The molecular weight excluding hydrogens is 342 g/mol. The van der Waals surface area contributed by atoms with Crippen LogP contribution in [0.4, 0.5) is 8.78 Å². The van der Waals surface area contributed by atoms with Crippen LogP contribution in [0.15, 0.2) is 23.2 Å². The lowest BCUT2D eigenvalue weighted by molar-refractivity contribution is 0.290. The highest BCUT2D eigenvalue weighted by atomic mass is 32.2. The second kappa shape index (κ2) is 9.97. The lowest BCUT2D eigenvalue weighted by atomic mass is 10.0. The number of aliphatic imine (C=N–C) groups is 1. The highest BCUT2D eigenvalue weighted by molar-refractivity contribution is 7.99. The minimum absolute atomic E-state index is 0.0697. The Morgan fingerprint density at radius 3 is 2.64 bits per heavy atom. The number of benzene rings is 1. The van der Waals surface area contributed by atoms with Gasteiger partial charge >= 0.3 is 0 Å². The third-order valence-corrected chi connectivity index (χ3v) is 5.44. The number of hydrogen-bond acceptors (Lipinski definition) is 3. The van der Waals surface area contributed by atoms with Crippen LogP contribution in [0.5, 0.6) is 0 Å². The lowest BCUT2D eigenvalue weighted by Crippen LogP contribution is -2.45. The summed E-state index contributed by atoms with van der Waals surface area (Å²) in [5, 5.41) is 6.67. The molecule has 25 heavy (non-hydrogen) atoms. The molecule has 0 spiro atoms. The fourth-order valence-corrected chi connectivity index (χ4v) is 3.96. The lowest BCUT2D eigenvalue weighted by Gasteiger charge is -2.26. The van der Waals surface area contributed by atoms with Crippen molar-refractivity contribution in [3.05, 3.63) is 35.4 Å². The van der Waals surface area contributed by atoms with Crippen LogP contribution in [0, 0.1) is 11.6 Å². The molecule has 1 fully saturated rings. The molecule has 0 aliphatic carbocycles. The fourth-order valence-electron chi connectivity index (χ4n) is 2.89. The first-order valence-electron chi connectivity index (χ1n) is 8.75. The van der Waals surface area contributed by atoms with Crippen molar-refractivity contribution < 1.29 is 8.78 Å². The van der Waals surface area contributed by atoms with E-state index in [1.165, 1.54) is 30.4 Å². The van der Waals surface area contributed by atoms with Gasteiger partial charge in [0.05, 0.1) is 12.6 Å². The average molecular weight is 371 g/mol. The standard InChI is InChI=1S/C18H28F2N4S/c1-4-21-18(23-13-7-6-10-25-12-13)22-11-16(24(2)3)17-14(19)8-5-9-15(17)20/h5,8-9,13,16H,4,6-7,10-12H2,1-3H3,(H2,21,22,23). The number of guanidine groups is 1. The van der Waals surface area contributed by atoms with E-state index in [9.17, 15) is 8.78 Å². The van der Waals surface area contributed by atoms with E-state index in [-0.39, 0.29) is 12.1 Å². The van der Waals surface area contributed by atoms with Gasteiger partial charge in [-0.1, -0.05) is 6.07 Å². The number of likely N-dealkylation sites (N-methyl/N-ethyl adjacent to an activating group) is 1. The fraction of sp³-hybridized carbons (Fsp3) is 0.611. The molecule has 0 amide bonds. The third-order valence-electron chi connectivity index (χ3n) is 4.22. The molecule has 1 saturated heterocycles. The molecule has 1 heterocycles. The molecule has 7 heteroatoms. The van der Waals surface area contributed by atoms with Crippen molar-refractivity contribution in [1.82, 2.24) is 15.5 Å². The predicted octanol–water partition coefficient (Wildman–Crippen LogP) is 3.02. The van der Waals surface area contributed by atoms with Gasteiger partial charge in [0.1, 0.15) is 11.6 Å². The Hall–Kier alpha value is -1.34. The zero-order chi connectivity index (χ0) is 18.2. The first-order chi connectivity index (χ1) is 12.0. The van der Waals surface area contributed by atoms with Crippen molar-refractivity contribution in [2.75, 3.05) is 38.7 Å². The van der Waals surface area contributed by atoms with Crippen LogP contribution in [-0.2, 0) is 0 Å². The maximum atomic E-state index is 14.2. The summed E-state index contributed by atoms with van der Waals surface area (Å²) in [5.74, 6) is 1.91. The molecule has 1 aromatic rings. The van der Waals surface area contributed by atoms with Crippen molar-refractivity contribution in [2.24, 2.45) is 4.99 Å². The van der Waals surface area contributed by atoms with E-state index in [0.29, 0.717) is 12.0 Å². The Morgan fingerprint density at radius 2 is 2.08 bits per heavy atom. The summed E-state index contributed by atoms with van der Waals surface area (Å²) in [7, 11) is 3.62. The molecule has 2 unspecified atom stereocenters. The van der Waals surface area contributed by atoms with Crippen LogP contribution in [0.25, 0.3) is 0 Å². The van der Waals surface area contributed by atoms with Crippen molar-refractivity contribution in [1.29, 1.82) is 0 Å². The van der Waals surface area contributed by atoms with Crippen LogP contribution in [-0.4, -0.2) is 55.6 Å². The average Bonchev–Trinajstić information content (AvgIpc) is 2.58. The monoisotopic (exact) mass is 370 g/mol. The first kappa shape index (κ1) is 20.0. The van der Waals surface area contributed by atoms with Gasteiger partial charge in [0.25, 0.3) is 0 Å². The largest absolute Gasteiger partial charge is 0.357 e. The van der Waals surface area contributed by atoms with Gasteiger partial charge in [-0.25, -0.2) is 8.78 Å². The summed E-state index contributed by atoms with van der Waals surface area (Å²) >= 11 is 1.94. The van der Waals surface area contributed by atoms with Crippen LogP contribution in [0.1, 0.15) is 31.4 Å². The Balaban J connectivity index is 2.14. The highest BCUT2D eigenvalue weighted by Crippen LogP contribution is 2.25. The molecule has 2 atom stereocenters. The maximum Gasteiger partial charge on any atom is 0.191 e. The summed E-state index contributed by atoms with van der Waals surface area (Å²) in [5.41, 5.74) is 0.0697. The summed E-state index contributed by atoms with van der Waals surface area (Å²) in [6.07, 6.45) is 2.32. The van der Waals surface area contributed by atoms with Crippen LogP contribution < -0.4 is 10.6 Å². The molecule has 1 aliphatic heterocycles. The minimum atomic E-state index is -0.532. The van der Waals surface area contributed by atoms with E-state index in [2.05, 4.69) is 15.6 Å². The molecule has 140 valence electrons. The third kappa shape index (κ3) is 5.85. The quantitative estimate of drug-likeness (QED) is 0.597. The molecule has 4 nitrogen and oxygen atoms in total. The first-order valence-corrected chi connectivity index (χ1v) is 9.91. The van der Waals surface area contributed by atoms with Gasteiger partial charge in [-0.3, -0.25) is 4.99 Å². The molecule has 0 saturated carbocycles. The van der Waals surface area contributed by atoms with E-state index in [4.69, 9.17) is 0 Å². The molecule has 2 N–H and O–H groups in total.